The second kappa shape index (κ2) is 5.90. The topological polar surface area (TPSA) is 47.0 Å². The van der Waals surface area contributed by atoms with Gasteiger partial charge in [-0.2, -0.15) is 4.98 Å². The minimum Gasteiger partial charge on any atom is -0.437 e. The van der Waals surface area contributed by atoms with Crippen molar-refractivity contribution in [3.63, 3.8) is 0 Å². The number of benzene rings is 1. The number of anilines is 1. The van der Waals surface area contributed by atoms with Gasteiger partial charge >= 0.3 is 0 Å². The Morgan fingerprint density at radius 2 is 2.00 bits per heavy atom. The van der Waals surface area contributed by atoms with Gasteiger partial charge in [0.05, 0.1) is 9.86 Å². The van der Waals surface area contributed by atoms with E-state index in [1.54, 1.807) is 18.4 Å². The predicted octanol–water partition coefficient (Wildman–Crippen LogP) is 5.36. The lowest BCUT2D eigenvalue weighted by Gasteiger charge is -2.09. The molecular weight excluding hydrogens is 418 g/mol. The Hall–Kier alpha value is -1.18. The summed E-state index contributed by atoms with van der Waals surface area (Å²) < 4.78 is 7.83. The van der Waals surface area contributed by atoms with E-state index in [9.17, 15) is 0 Å². The number of halogens is 2. The fraction of sp³-hybridized carbons (Fsp3) is 0.143. The zero-order valence-corrected chi connectivity index (χ0v) is 15.3. The first-order chi connectivity index (χ1) is 10.1. The maximum atomic E-state index is 5.98. The molecule has 3 aromatic rings. The Morgan fingerprint density at radius 1 is 1.19 bits per heavy atom. The normalized spacial score (nSPS) is 10.9. The standard InChI is InChI=1S/C14H11Br2N3OS/c1-7-5-9-12(18-14(17-2)19-13(9)21-7)20-11-4-3-8(15)6-10(11)16/h3-6H,1-2H3,(H,17,18,19). The largest absolute Gasteiger partial charge is 0.437 e. The molecule has 0 spiro atoms. The molecular formula is C14H11Br2N3OS. The number of ether oxygens (including phenoxy) is 1. The van der Waals surface area contributed by atoms with Crippen molar-refractivity contribution < 1.29 is 4.74 Å². The van der Waals surface area contributed by atoms with Gasteiger partial charge in [-0.15, -0.1) is 11.3 Å². The Morgan fingerprint density at radius 3 is 2.71 bits per heavy atom. The molecule has 0 bridgehead atoms. The lowest BCUT2D eigenvalue weighted by Crippen LogP contribution is -1.98. The molecule has 4 nitrogen and oxygen atoms in total. The lowest BCUT2D eigenvalue weighted by atomic mass is 10.3. The molecule has 0 saturated carbocycles. The zero-order chi connectivity index (χ0) is 15.0. The van der Waals surface area contributed by atoms with Gasteiger partial charge in [-0.3, -0.25) is 0 Å². The molecule has 0 fully saturated rings. The van der Waals surface area contributed by atoms with E-state index in [1.165, 1.54) is 4.88 Å². The van der Waals surface area contributed by atoms with Crippen molar-refractivity contribution in [3.05, 3.63) is 38.1 Å². The molecule has 0 amide bonds. The van der Waals surface area contributed by atoms with Crippen LogP contribution in [0.3, 0.4) is 0 Å². The number of hydrogen-bond acceptors (Lipinski definition) is 5. The first-order valence-electron chi connectivity index (χ1n) is 6.15. The maximum Gasteiger partial charge on any atom is 0.232 e. The van der Waals surface area contributed by atoms with Crippen molar-refractivity contribution in [1.82, 2.24) is 9.97 Å². The van der Waals surface area contributed by atoms with E-state index in [1.807, 2.05) is 31.2 Å². The summed E-state index contributed by atoms with van der Waals surface area (Å²) in [6.07, 6.45) is 0. The molecule has 108 valence electrons. The van der Waals surface area contributed by atoms with E-state index in [4.69, 9.17) is 4.74 Å². The Kier molecular flexibility index (Phi) is 4.14. The van der Waals surface area contributed by atoms with Crippen LogP contribution in [0.1, 0.15) is 4.88 Å². The van der Waals surface area contributed by atoms with Gasteiger partial charge in [0.15, 0.2) is 0 Å². The van der Waals surface area contributed by atoms with Crippen molar-refractivity contribution in [1.29, 1.82) is 0 Å². The third kappa shape index (κ3) is 3.04. The van der Waals surface area contributed by atoms with Gasteiger partial charge in [0.1, 0.15) is 10.6 Å². The van der Waals surface area contributed by atoms with Gasteiger partial charge < -0.3 is 10.1 Å². The number of nitrogens with one attached hydrogen (secondary N) is 1. The third-order valence-corrected chi connectivity index (χ3v) is 4.86. The minimum absolute atomic E-state index is 0.549. The highest BCUT2D eigenvalue weighted by Crippen LogP contribution is 2.36. The number of aromatic nitrogens is 2. The fourth-order valence-electron chi connectivity index (χ4n) is 1.87. The Balaban J connectivity index is 2.10. The summed E-state index contributed by atoms with van der Waals surface area (Å²) in [5.74, 6) is 1.81. The van der Waals surface area contributed by atoms with Crippen LogP contribution < -0.4 is 10.1 Å². The molecule has 3 rings (SSSR count). The van der Waals surface area contributed by atoms with Crippen LogP contribution >= 0.6 is 43.2 Å². The van der Waals surface area contributed by atoms with E-state index in [0.717, 1.165) is 19.2 Å². The van der Waals surface area contributed by atoms with Gasteiger partial charge in [0.2, 0.25) is 11.8 Å². The molecule has 0 radical (unpaired) electrons. The molecule has 2 heterocycles. The average molecular weight is 429 g/mol. The van der Waals surface area contributed by atoms with Gasteiger partial charge in [0, 0.05) is 16.4 Å². The van der Waals surface area contributed by atoms with Crippen molar-refractivity contribution in [3.8, 4) is 11.6 Å². The van der Waals surface area contributed by atoms with Crippen LogP contribution in [0.2, 0.25) is 0 Å². The molecule has 7 heteroatoms. The van der Waals surface area contributed by atoms with Crippen LogP contribution in [0.5, 0.6) is 11.6 Å². The summed E-state index contributed by atoms with van der Waals surface area (Å²) in [5.41, 5.74) is 0. The summed E-state index contributed by atoms with van der Waals surface area (Å²) in [5, 5.41) is 3.89. The summed E-state index contributed by atoms with van der Waals surface area (Å²) in [6, 6.07) is 7.80. The lowest BCUT2D eigenvalue weighted by molar-refractivity contribution is 0.466. The molecule has 0 aliphatic rings. The minimum atomic E-state index is 0.549. The van der Waals surface area contributed by atoms with Crippen molar-refractivity contribution in [2.45, 2.75) is 6.92 Å². The molecule has 0 saturated heterocycles. The first kappa shape index (κ1) is 14.7. The maximum absolute atomic E-state index is 5.98. The fourth-order valence-corrected chi connectivity index (χ4v) is 3.87. The monoisotopic (exact) mass is 427 g/mol. The van der Waals surface area contributed by atoms with Crippen LogP contribution in [0, 0.1) is 6.92 Å². The van der Waals surface area contributed by atoms with Crippen LogP contribution in [-0.2, 0) is 0 Å². The van der Waals surface area contributed by atoms with E-state index in [2.05, 4.69) is 47.1 Å². The number of rotatable bonds is 3. The summed E-state index contributed by atoms with van der Waals surface area (Å²) in [4.78, 5) is 11.0. The number of nitrogens with zero attached hydrogens (tertiary/aromatic N) is 2. The average Bonchev–Trinajstić information content (AvgIpc) is 2.82. The van der Waals surface area contributed by atoms with Gasteiger partial charge in [-0.1, -0.05) is 15.9 Å². The number of hydrogen-bond donors (Lipinski definition) is 1. The highest BCUT2D eigenvalue weighted by molar-refractivity contribution is 9.11. The number of fused-ring (bicyclic) bond motifs is 1. The molecule has 0 aliphatic heterocycles. The van der Waals surface area contributed by atoms with Crippen LogP contribution in [0.25, 0.3) is 10.2 Å². The molecule has 21 heavy (non-hydrogen) atoms. The first-order valence-corrected chi connectivity index (χ1v) is 8.56. The highest BCUT2D eigenvalue weighted by Gasteiger charge is 2.13. The molecule has 0 aliphatic carbocycles. The Bertz CT molecular complexity index is 819. The predicted molar refractivity (Wildman–Crippen MR) is 93.6 cm³/mol. The van der Waals surface area contributed by atoms with Crippen molar-refractivity contribution in [2.24, 2.45) is 0 Å². The van der Waals surface area contributed by atoms with E-state index in [0.29, 0.717) is 17.6 Å². The van der Waals surface area contributed by atoms with E-state index >= 15 is 0 Å². The summed E-state index contributed by atoms with van der Waals surface area (Å²) in [6.45, 7) is 2.05. The SMILES string of the molecule is CNc1nc(Oc2ccc(Br)cc2Br)c2cc(C)sc2n1. The van der Waals surface area contributed by atoms with Crippen LogP contribution in [-0.4, -0.2) is 17.0 Å². The second-order valence-electron chi connectivity index (χ2n) is 4.36. The van der Waals surface area contributed by atoms with Crippen molar-refractivity contribution >= 4 is 59.4 Å². The summed E-state index contributed by atoms with van der Waals surface area (Å²) >= 11 is 8.55. The Labute approximate surface area is 142 Å². The van der Waals surface area contributed by atoms with Crippen LogP contribution in [0.4, 0.5) is 5.95 Å². The zero-order valence-electron chi connectivity index (χ0n) is 11.3. The number of thiophene rings is 1. The highest BCUT2D eigenvalue weighted by atomic mass is 79.9. The molecule has 0 atom stereocenters. The molecule has 1 N–H and O–H groups in total. The molecule has 0 unspecified atom stereocenters. The molecule has 2 aromatic heterocycles. The second-order valence-corrected chi connectivity index (χ2v) is 7.36. The quantitative estimate of drug-likeness (QED) is 0.609. The summed E-state index contributed by atoms with van der Waals surface area (Å²) in [7, 11) is 1.79. The van der Waals surface area contributed by atoms with Crippen LogP contribution in [0.15, 0.2) is 33.2 Å². The van der Waals surface area contributed by atoms with Crippen molar-refractivity contribution in [2.75, 3.05) is 12.4 Å². The smallest absolute Gasteiger partial charge is 0.232 e. The van der Waals surface area contributed by atoms with Gasteiger partial charge in [0.25, 0.3) is 0 Å². The van der Waals surface area contributed by atoms with E-state index < -0.39 is 0 Å². The number of aryl methyl sites for hydroxylation is 1. The van der Waals surface area contributed by atoms with E-state index in [-0.39, 0.29) is 0 Å². The third-order valence-electron chi connectivity index (χ3n) is 2.81. The van der Waals surface area contributed by atoms with Gasteiger partial charge in [-0.25, -0.2) is 4.98 Å². The molecule has 1 aromatic carbocycles. The van der Waals surface area contributed by atoms with Gasteiger partial charge in [-0.05, 0) is 47.1 Å².